The van der Waals surface area contributed by atoms with Crippen LogP contribution in [0.15, 0.2) is 41.8 Å². The van der Waals surface area contributed by atoms with Crippen molar-refractivity contribution in [1.82, 2.24) is 4.90 Å². The average Bonchev–Trinajstić information content (AvgIpc) is 3.16. The number of anilines is 1. The van der Waals surface area contributed by atoms with Crippen LogP contribution < -0.4 is 5.32 Å². The monoisotopic (exact) mass is 344 g/mol. The molecule has 0 bridgehead atoms. The second kappa shape index (κ2) is 8.65. The predicted molar refractivity (Wildman–Crippen MR) is 103 cm³/mol. The lowest BCUT2D eigenvalue weighted by atomic mass is 9.97. The fraction of sp³-hybridized carbons (Fsp3) is 0.500. The number of piperidine rings is 1. The van der Waals surface area contributed by atoms with Crippen LogP contribution in [0.4, 0.5) is 5.69 Å². The van der Waals surface area contributed by atoms with E-state index in [2.05, 4.69) is 58.9 Å². The molecular formula is C20H28N2OS. The summed E-state index contributed by atoms with van der Waals surface area (Å²) in [6, 6.07) is 13.4. The highest BCUT2D eigenvalue weighted by Crippen LogP contribution is 2.29. The Hall–Kier alpha value is -1.36. The van der Waals surface area contributed by atoms with Gasteiger partial charge in [0, 0.05) is 23.7 Å². The van der Waals surface area contributed by atoms with Gasteiger partial charge in [-0.05, 0) is 61.3 Å². The first-order chi connectivity index (χ1) is 11.8. The third-order valence-corrected chi connectivity index (χ3v) is 5.99. The number of nitrogens with one attached hydrogen (secondary N) is 1. The molecule has 0 radical (unpaired) electrons. The van der Waals surface area contributed by atoms with Crippen molar-refractivity contribution < 1.29 is 5.11 Å². The molecule has 1 aromatic heterocycles. The number of benzene rings is 1. The maximum Gasteiger partial charge on any atom is 0.0604 e. The minimum absolute atomic E-state index is 0.338. The van der Waals surface area contributed by atoms with Crippen molar-refractivity contribution >= 4 is 17.0 Å². The highest BCUT2D eigenvalue weighted by Gasteiger charge is 2.19. The molecule has 3 rings (SSSR count). The summed E-state index contributed by atoms with van der Waals surface area (Å²) in [5, 5.41) is 15.2. The van der Waals surface area contributed by atoms with Crippen molar-refractivity contribution in [3.63, 3.8) is 0 Å². The van der Waals surface area contributed by atoms with Gasteiger partial charge in [0.1, 0.15) is 0 Å². The van der Waals surface area contributed by atoms with Gasteiger partial charge in [-0.15, -0.1) is 11.3 Å². The first-order valence-corrected chi connectivity index (χ1v) is 9.89. The van der Waals surface area contributed by atoms with E-state index in [1.165, 1.54) is 16.1 Å². The van der Waals surface area contributed by atoms with Crippen molar-refractivity contribution in [2.24, 2.45) is 5.92 Å². The quantitative estimate of drug-likeness (QED) is 0.775. The van der Waals surface area contributed by atoms with Gasteiger partial charge in [0.2, 0.25) is 0 Å². The molecule has 1 aliphatic rings. The molecule has 2 N–H and O–H groups in total. The summed E-state index contributed by atoms with van der Waals surface area (Å²) in [5.41, 5.74) is 2.62. The van der Waals surface area contributed by atoms with Crippen molar-refractivity contribution in [2.45, 2.75) is 38.8 Å². The van der Waals surface area contributed by atoms with E-state index in [-0.39, 0.29) is 0 Å². The average molecular weight is 345 g/mol. The summed E-state index contributed by atoms with van der Waals surface area (Å²) in [7, 11) is 0. The van der Waals surface area contributed by atoms with E-state index in [0.717, 1.165) is 38.9 Å². The largest absolute Gasteiger partial charge is 0.396 e. The minimum Gasteiger partial charge on any atom is -0.396 e. The predicted octanol–water partition coefficient (Wildman–Crippen LogP) is 4.52. The molecule has 0 spiro atoms. The summed E-state index contributed by atoms with van der Waals surface area (Å²) in [4.78, 5) is 3.91. The van der Waals surface area contributed by atoms with Crippen LogP contribution in [0.25, 0.3) is 0 Å². The van der Waals surface area contributed by atoms with Gasteiger partial charge in [-0.25, -0.2) is 0 Å². The SMILES string of the molecule is CCC(Nc1ccccc1CN1CCC(CO)CC1)c1cccs1. The molecule has 2 aromatic rings. The summed E-state index contributed by atoms with van der Waals surface area (Å²) in [6.07, 6.45) is 3.30. The third kappa shape index (κ3) is 4.38. The molecule has 130 valence electrons. The second-order valence-electron chi connectivity index (χ2n) is 6.68. The standard InChI is InChI=1S/C20H28N2OS/c1-2-18(20-8-5-13-24-20)21-19-7-4-3-6-17(19)14-22-11-9-16(15-23)10-12-22/h3-8,13,16,18,21,23H,2,9-12,14-15H2,1H3. The highest BCUT2D eigenvalue weighted by atomic mass is 32.1. The molecule has 0 aliphatic carbocycles. The lowest BCUT2D eigenvalue weighted by Crippen LogP contribution is -2.34. The van der Waals surface area contributed by atoms with Crippen LogP contribution >= 0.6 is 11.3 Å². The van der Waals surface area contributed by atoms with Crippen LogP contribution in [0.3, 0.4) is 0 Å². The van der Waals surface area contributed by atoms with Crippen LogP contribution in [0, 0.1) is 5.92 Å². The zero-order valence-corrected chi connectivity index (χ0v) is 15.3. The number of aliphatic hydroxyl groups is 1. The van der Waals surface area contributed by atoms with Gasteiger partial charge in [0.25, 0.3) is 0 Å². The zero-order valence-electron chi connectivity index (χ0n) is 14.4. The Balaban J connectivity index is 1.67. The van der Waals surface area contributed by atoms with Gasteiger partial charge in [0.05, 0.1) is 6.04 Å². The van der Waals surface area contributed by atoms with Crippen LogP contribution in [0.1, 0.15) is 42.7 Å². The van der Waals surface area contributed by atoms with Crippen molar-refractivity contribution in [3.05, 3.63) is 52.2 Å². The molecule has 1 saturated heterocycles. The van der Waals surface area contributed by atoms with E-state index in [1.54, 1.807) is 0 Å². The Morgan fingerprint density at radius 2 is 2.00 bits per heavy atom. The highest BCUT2D eigenvalue weighted by molar-refractivity contribution is 7.10. The zero-order chi connectivity index (χ0) is 16.8. The Bertz CT molecular complexity index is 606. The lowest BCUT2D eigenvalue weighted by Gasteiger charge is -2.31. The van der Waals surface area contributed by atoms with Crippen LogP contribution in [0.2, 0.25) is 0 Å². The second-order valence-corrected chi connectivity index (χ2v) is 7.66. The lowest BCUT2D eigenvalue weighted by molar-refractivity contribution is 0.127. The Morgan fingerprint density at radius 1 is 1.21 bits per heavy atom. The van der Waals surface area contributed by atoms with Crippen molar-refractivity contribution in [1.29, 1.82) is 0 Å². The van der Waals surface area contributed by atoms with E-state index < -0.39 is 0 Å². The van der Waals surface area contributed by atoms with E-state index in [4.69, 9.17) is 0 Å². The number of hydrogen-bond acceptors (Lipinski definition) is 4. The summed E-state index contributed by atoms with van der Waals surface area (Å²) in [6.45, 7) is 5.73. The number of thiophene rings is 1. The first-order valence-electron chi connectivity index (χ1n) is 9.01. The first kappa shape index (κ1) is 17.5. The van der Waals surface area contributed by atoms with Crippen LogP contribution in [-0.4, -0.2) is 29.7 Å². The number of nitrogens with zero attached hydrogens (tertiary/aromatic N) is 1. The van der Waals surface area contributed by atoms with Crippen LogP contribution in [0.5, 0.6) is 0 Å². The fourth-order valence-electron chi connectivity index (χ4n) is 3.42. The number of aliphatic hydroxyl groups excluding tert-OH is 1. The number of likely N-dealkylation sites (tertiary alicyclic amines) is 1. The summed E-state index contributed by atoms with van der Waals surface area (Å²) in [5.74, 6) is 0.498. The molecule has 1 aromatic carbocycles. The van der Waals surface area contributed by atoms with Crippen molar-refractivity contribution in [2.75, 3.05) is 25.0 Å². The molecule has 0 amide bonds. The van der Waals surface area contributed by atoms with Gasteiger partial charge in [-0.2, -0.15) is 0 Å². The van der Waals surface area contributed by atoms with E-state index in [1.807, 2.05) is 11.3 Å². The topological polar surface area (TPSA) is 35.5 Å². The number of hydrogen-bond donors (Lipinski definition) is 2. The maximum atomic E-state index is 9.30. The number of para-hydroxylation sites is 1. The van der Waals surface area contributed by atoms with Crippen molar-refractivity contribution in [3.8, 4) is 0 Å². The molecule has 1 atom stereocenters. The smallest absolute Gasteiger partial charge is 0.0604 e. The fourth-order valence-corrected chi connectivity index (χ4v) is 4.28. The van der Waals surface area contributed by atoms with Gasteiger partial charge < -0.3 is 10.4 Å². The molecule has 1 unspecified atom stereocenters. The summed E-state index contributed by atoms with van der Waals surface area (Å²) < 4.78 is 0. The van der Waals surface area contributed by atoms with E-state index >= 15 is 0 Å². The molecule has 3 nitrogen and oxygen atoms in total. The van der Waals surface area contributed by atoms with Gasteiger partial charge >= 0.3 is 0 Å². The minimum atomic E-state index is 0.338. The molecular weight excluding hydrogens is 316 g/mol. The molecule has 4 heteroatoms. The van der Waals surface area contributed by atoms with Gasteiger partial charge in [-0.1, -0.05) is 31.2 Å². The van der Waals surface area contributed by atoms with Crippen LogP contribution in [-0.2, 0) is 6.54 Å². The van der Waals surface area contributed by atoms with Gasteiger partial charge in [0.15, 0.2) is 0 Å². The maximum absolute atomic E-state index is 9.30. The van der Waals surface area contributed by atoms with E-state index in [0.29, 0.717) is 18.6 Å². The normalized spacial score (nSPS) is 17.8. The molecule has 24 heavy (non-hydrogen) atoms. The molecule has 2 heterocycles. The molecule has 0 saturated carbocycles. The van der Waals surface area contributed by atoms with Gasteiger partial charge in [-0.3, -0.25) is 4.90 Å². The van der Waals surface area contributed by atoms with E-state index in [9.17, 15) is 5.11 Å². The third-order valence-electron chi connectivity index (χ3n) is 5.00. The Kier molecular flexibility index (Phi) is 6.30. The Morgan fingerprint density at radius 3 is 2.67 bits per heavy atom. The molecule has 1 fully saturated rings. The Labute approximate surface area is 149 Å². The number of rotatable bonds is 7. The molecule has 1 aliphatic heterocycles. The summed E-state index contributed by atoms with van der Waals surface area (Å²) >= 11 is 1.82.